The van der Waals surface area contributed by atoms with Crippen molar-refractivity contribution in [3.8, 4) is 11.3 Å². The van der Waals surface area contributed by atoms with Gasteiger partial charge in [-0.1, -0.05) is 28.1 Å². The molecule has 2 aromatic carbocycles. The van der Waals surface area contributed by atoms with Crippen molar-refractivity contribution in [1.29, 1.82) is 0 Å². The van der Waals surface area contributed by atoms with Crippen molar-refractivity contribution in [3.63, 3.8) is 0 Å². The minimum absolute atomic E-state index is 0.0838. The van der Waals surface area contributed by atoms with Gasteiger partial charge >= 0.3 is 6.18 Å². The van der Waals surface area contributed by atoms with E-state index in [4.69, 9.17) is 0 Å². The van der Waals surface area contributed by atoms with E-state index in [0.29, 0.717) is 29.8 Å². The first-order valence-corrected chi connectivity index (χ1v) is 13.1. The standard InChI is InChI=1S/C24H21BrF3N3O3S/c25-18-7-10-20(11-8-18)35(33,34)31-13-1-2-22(31)23(32)12-9-19-14-21(30-15-29-19)16-3-5-17(6-4-16)24(26,27)28/h3-8,10-11,14-15,22H,1-2,9,12-13H2/t22-/m0/s1. The molecule has 0 saturated carbocycles. The maximum Gasteiger partial charge on any atom is 0.416 e. The molecule has 0 aliphatic carbocycles. The van der Waals surface area contributed by atoms with Crippen molar-refractivity contribution >= 4 is 31.7 Å². The highest BCUT2D eigenvalue weighted by Crippen LogP contribution is 2.31. The molecule has 1 aliphatic rings. The third kappa shape index (κ3) is 5.79. The average Bonchev–Trinajstić information content (AvgIpc) is 3.34. The predicted molar refractivity (Wildman–Crippen MR) is 127 cm³/mol. The van der Waals surface area contributed by atoms with Gasteiger partial charge in [-0.15, -0.1) is 0 Å². The fourth-order valence-corrected chi connectivity index (χ4v) is 5.97. The van der Waals surface area contributed by atoms with Crippen molar-refractivity contribution < 1.29 is 26.4 Å². The molecular weight excluding hydrogens is 547 g/mol. The lowest BCUT2D eigenvalue weighted by Crippen LogP contribution is -2.40. The van der Waals surface area contributed by atoms with Crippen LogP contribution in [0.2, 0.25) is 0 Å². The van der Waals surface area contributed by atoms with Crippen molar-refractivity contribution in [1.82, 2.24) is 14.3 Å². The largest absolute Gasteiger partial charge is 0.416 e. The summed E-state index contributed by atoms with van der Waals surface area (Å²) in [5.74, 6) is -0.196. The van der Waals surface area contributed by atoms with Gasteiger partial charge in [0.2, 0.25) is 10.0 Å². The number of benzene rings is 2. The number of aryl methyl sites for hydroxylation is 1. The van der Waals surface area contributed by atoms with Crippen LogP contribution in [0.25, 0.3) is 11.3 Å². The molecule has 1 aliphatic heterocycles. The molecule has 3 aromatic rings. The lowest BCUT2D eigenvalue weighted by Gasteiger charge is -2.23. The lowest BCUT2D eigenvalue weighted by atomic mass is 10.0. The van der Waals surface area contributed by atoms with Crippen LogP contribution in [0.15, 0.2) is 70.3 Å². The van der Waals surface area contributed by atoms with Gasteiger partial charge in [0.25, 0.3) is 0 Å². The highest BCUT2D eigenvalue weighted by Gasteiger charge is 2.39. The van der Waals surface area contributed by atoms with Crippen LogP contribution in [0.1, 0.15) is 30.5 Å². The summed E-state index contributed by atoms with van der Waals surface area (Å²) in [4.78, 5) is 21.4. The van der Waals surface area contributed by atoms with Crippen LogP contribution in [0.3, 0.4) is 0 Å². The molecule has 0 N–H and O–H groups in total. The Morgan fingerprint density at radius 3 is 2.40 bits per heavy atom. The number of ketones is 1. The van der Waals surface area contributed by atoms with Crippen molar-refractivity contribution in [2.24, 2.45) is 0 Å². The Hall–Kier alpha value is -2.63. The third-order valence-corrected chi connectivity index (χ3v) is 8.31. The van der Waals surface area contributed by atoms with Gasteiger partial charge in [-0.2, -0.15) is 17.5 Å². The quantitative estimate of drug-likeness (QED) is 0.388. The molecule has 0 unspecified atom stereocenters. The van der Waals surface area contributed by atoms with Crippen LogP contribution in [-0.4, -0.2) is 41.1 Å². The molecule has 0 amide bonds. The molecule has 35 heavy (non-hydrogen) atoms. The van der Waals surface area contributed by atoms with E-state index in [9.17, 15) is 26.4 Å². The van der Waals surface area contributed by atoms with Gasteiger partial charge in [0.15, 0.2) is 5.78 Å². The number of Topliss-reactive ketones (excluding diaryl/α,β-unsaturated/α-hetero) is 1. The van der Waals surface area contributed by atoms with Crippen LogP contribution >= 0.6 is 15.9 Å². The molecule has 1 atom stereocenters. The zero-order chi connectivity index (χ0) is 25.2. The summed E-state index contributed by atoms with van der Waals surface area (Å²) in [7, 11) is -3.80. The van der Waals surface area contributed by atoms with E-state index in [1.54, 1.807) is 18.2 Å². The van der Waals surface area contributed by atoms with Gasteiger partial charge < -0.3 is 0 Å². The van der Waals surface area contributed by atoms with E-state index in [0.717, 1.165) is 16.6 Å². The SMILES string of the molecule is O=C(CCc1cc(-c2ccc(C(F)(F)F)cc2)ncn1)[C@@H]1CCCN1S(=O)(=O)c1ccc(Br)cc1. The molecule has 0 radical (unpaired) electrons. The van der Waals surface area contributed by atoms with Crippen LogP contribution in [-0.2, 0) is 27.4 Å². The Bertz CT molecular complexity index is 1310. The van der Waals surface area contributed by atoms with E-state index >= 15 is 0 Å². The molecule has 4 rings (SSSR count). The van der Waals surface area contributed by atoms with Crippen LogP contribution in [0, 0.1) is 0 Å². The van der Waals surface area contributed by atoms with Gasteiger partial charge in [-0.05, 0) is 61.7 Å². The van der Waals surface area contributed by atoms with Crippen LogP contribution in [0.5, 0.6) is 0 Å². The second-order valence-electron chi connectivity index (χ2n) is 8.16. The molecular formula is C24H21BrF3N3O3S. The first-order valence-electron chi connectivity index (χ1n) is 10.8. The molecule has 0 spiro atoms. The van der Waals surface area contributed by atoms with Crippen molar-refractivity contribution in [2.45, 2.75) is 42.8 Å². The topological polar surface area (TPSA) is 80.2 Å². The Morgan fingerprint density at radius 2 is 1.74 bits per heavy atom. The van der Waals surface area contributed by atoms with E-state index in [1.807, 2.05) is 0 Å². The Kier molecular flexibility index (Phi) is 7.39. The van der Waals surface area contributed by atoms with Gasteiger partial charge in [0.1, 0.15) is 6.33 Å². The van der Waals surface area contributed by atoms with Gasteiger partial charge in [0.05, 0.1) is 22.2 Å². The second-order valence-corrected chi connectivity index (χ2v) is 11.0. The molecule has 6 nitrogen and oxygen atoms in total. The molecule has 184 valence electrons. The maximum atomic E-state index is 13.1. The summed E-state index contributed by atoms with van der Waals surface area (Å²) in [6, 6.07) is 11.8. The first kappa shape index (κ1) is 25.5. The first-order chi connectivity index (χ1) is 16.6. The molecule has 0 bridgehead atoms. The fraction of sp³-hybridized carbons (Fsp3) is 0.292. The Morgan fingerprint density at radius 1 is 1.06 bits per heavy atom. The van der Waals surface area contributed by atoms with E-state index < -0.39 is 27.8 Å². The number of hydrogen-bond acceptors (Lipinski definition) is 5. The molecule has 1 fully saturated rings. The maximum absolute atomic E-state index is 13.1. The highest BCUT2D eigenvalue weighted by molar-refractivity contribution is 9.10. The Balaban J connectivity index is 1.44. The number of rotatable bonds is 7. The fourth-order valence-electron chi connectivity index (χ4n) is 4.03. The van der Waals surface area contributed by atoms with E-state index in [1.165, 1.54) is 34.9 Å². The predicted octanol–water partition coefficient (Wildman–Crippen LogP) is 5.28. The van der Waals surface area contributed by atoms with Crippen LogP contribution < -0.4 is 0 Å². The normalized spacial score (nSPS) is 17.0. The van der Waals surface area contributed by atoms with Crippen LogP contribution in [0.4, 0.5) is 13.2 Å². The average molecular weight is 568 g/mol. The number of alkyl halides is 3. The third-order valence-electron chi connectivity index (χ3n) is 5.85. The summed E-state index contributed by atoms with van der Waals surface area (Å²) >= 11 is 3.29. The summed E-state index contributed by atoms with van der Waals surface area (Å²) < 4.78 is 66.6. The smallest absolute Gasteiger partial charge is 0.298 e. The summed E-state index contributed by atoms with van der Waals surface area (Å²) in [6.07, 6.45) is -1.73. The Labute approximate surface area is 209 Å². The zero-order valence-electron chi connectivity index (χ0n) is 18.4. The minimum Gasteiger partial charge on any atom is -0.298 e. The minimum atomic E-state index is -4.42. The van der Waals surface area contributed by atoms with E-state index in [2.05, 4.69) is 25.9 Å². The zero-order valence-corrected chi connectivity index (χ0v) is 20.8. The van der Waals surface area contributed by atoms with Gasteiger partial charge in [0, 0.05) is 28.7 Å². The monoisotopic (exact) mass is 567 g/mol. The number of carbonyl (C=O) groups is 1. The van der Waals surface area contributed by atoms with Crippen molar-refractivity contribution in [3.05, 3.63) is 76.7 Å². The second kappa shape index (κ2) is 10.2. The number of carbonyl (C=O) groups excluding carboxylic acids is 1. The molecule has 2 heterocycles. The van der Waals surface area contributed by atoms with E-state index in [-0.39, 0.29) is 30.1 Å². The number of halogens is 4. The molecule has 11 heteroatoms. The number of hydrogen-bond donors (Lipinski definition) is 0. The summed E-state index contributed by atoms with van der Waals surface area (Å²) in [5, 5.41) is 0. The highest BCUT2D eigenvalue weighted by atomic mass is 79.9. The molecule has 1 aromatic heterocycles. The number of sulfonamides is 1. The van der Waals surface area contributed by atoms with Gasteiger partial charge in [-0.25, -0.2) is 18.4 Å². The number of nitrogens with zero attached hydrogens (tertiary/aromatic N) is 3. The summed E-state index contributed by atoms with van der Waals surface area (Å²) in [6.45, 7) is 0.278. The van der Waals surface area contributed by atoms with Crippen molar-refractivity contribution in [2.75, 3.05) is 6.54 Å². The molecule has 1 saturated heterocycles. The number of aromatic nitrogens is 2. The lowest BCUT2D eigenvalue weighted by molar-refractivity contribution is -0.137. The van der Waals surface area contributed by atoms with Gasteiger partial charge in [-0.3, -0.25) is 4.79 Å². The summed E-state index contributed by atoms with van der Waals surface area (Å²) in [5.41, 5.74) is 0.732.